The molecule has 1 unspecified atom stereocenters. The van der Waals surface area contributed by atoms with Gasteiger partial charge in [-0.25, -0.2) is 0 Å². The Morgan fingerprint density at radius 1 is 1.40 bits per heavy atom. The fourth-order valence-electron chi connectivity index (χ4n) is 2.91. The Bertz CT molecular complexity index is 431. The number of hydrogen-bond donors (Lipinski definition) is 1. The molecular formula is C17H27BrN2. The standard InChI is InChI=1S/C17H27BrN2/c1-13(2)10-19-11-15-9-16(18)6-7-17(15)20-8-4-5-14(3)12-20/h6-7,9,13-14,19H,4-5,8,10-12H2,1-3H3. The molecule has 0 aromatic heterocycles. The molecule has 1 aromatic rings. The van der Waals surface area contributed by atoms with Crippen molar-refractivity contribution in [2.75, 3.05) is 24.5 Å². The molecular weight excluding hydrogens is 312 g/mol. The first-order valence-corrected chi connectivity index (χ1v) is 8.59. The van der Waals surface area contributed by atoms with Crippen LogP contribution < -0.4 is 10.2 Å². The minimum Gasteiger partial charge on any atom is -0.371 e. The van der Waals surface area contributed by atoms with Gasteiger partial charge >= 0.3 is 0 Å². The molecule has 1 N–H and O–H groups in total. The van der Waals surface area contributed by atoms with E-state index in [0.717, 1.165) is 19.0 Å². The summed E-state index contributed by atoms with van der Waals surface area (Å²) in [6.45, 7) is 11.3. The fraction of sp³-hybridized carbons (Fsp3) is 0.647. The Hall–Kier alpha value is -0.540. The summed E-state index contributed by atoms with van der Waals surface area (Å²) in [4.78, 5) is 2.56. The van der Waals surface area contributed by atoms with Crippen molar-refractivity contribution in [2.45, 2.75) is 40.2 Å². The minimum atomic E-state index is 0.695. The molecule has 0 bridgehead atoms. The largest absolute Gasteiger partial charge is 0.371 e. The number of nitrogens with one attached hydrogen (secondary N) is 1. The van der Waals surface area contributed by atoms with Crippen LogP contribution in [0.25, 0.3) is 0 Å². The van der Waals surface area contributed by atoms with Crippen LogP contribution in [-0.2, 0) is 6.54 Å². The van der Waals surface area contributed by atoms with E-state index in [-0.39, 0.29) is 0 Å². The number of halogens is 1. The van der Waals surface area contributed by atoms with Gasteiger partial charge in [0.25, 0.3) is 0 Å². The van der Waals surface area contributed by atoms with E-state index in [1.165, 1.54) is 41.7 Å². The second-order valence-corrected chi connectivity index (χ2v) is 7.41. The normalized spacial score (nSPS) is 19.6. The van der Waals surface area contributed by atoms with Gasteiger partial charge < -0.3 is 10.2 Å². The summed E-state index contributed by atoms with van der Waals surface area (Å²) in [7, 11) is 0. The molecule has 1 heterocycles. The fourth-order valence-corrected chi connectivity index (χ4v) is 3.32. The molecule has 0 saturated carbocycles. The number of piperidine rings is 1. The molecule has 1 aliphatic heterocycles. The zero-order valence-electron chi connectivity index (χ0n) is 13.0. The molecule has 1 saturated heterocycles. The Morgan fingerprint density at radius 2 is 2.20 bits per heavy atom. The van der Waals surface area contributed by atoms with E-state index < -0.39 is 0 Å². The highest BCUT2D eigenvalue weighted by Gasteiger charge is 2.18. The van der Waals surface area contributed by atoms with E-state index in [2.05, 4.69) is 65.1 Å². The van der Waals surface area contributed by atoms with Crippen LogP contribution in [0.4, 0.5) is 5.69 Å². The number of anilines is 1. The van der Waals surface area contributed by atoms with Gasteiger partial charge in [0.1, 0.15) is 0 Å². The van der Waals surface area contributed by atoms with Crippen LogP contribution in [0.15, 0.2) is 22.7 Å². The lowest BCUT2D eigenvalue weighted by Gasteiger charge is -2.34. The van der Waals surface area contributed by atoms with Crippen molar-refractivity contribution in [1.82, 2.24) is 5.32 Å². The Balaban J connectivity index is 2.10. The first-order chi connectivity index (χ1) is 9.56. The maximum absolute atomic E-state index is 3.61. The molecule has 2 rings (SSSR count). The number of nitrogens with zero attached hydrogens (tertiary/aromatic N) is 1. The maximum atomic E-state index is 3.61. The van der Waals surface area contributed by atoms with E-state index in [9.17, 15) is 0 Å². The van der Waals surface area contributed by atoms with Gasteiger partial charge in [-0.1, -0.05) is 36.7 Å². The van der Waals surface area contributed by atoms with Crippen LogP contribution in [0.1, 0.15) is 39.2 Å². The molecule has 2 nitrogen and oxygen atoms in total. The van der Waals surface area contributed by atoms with Crippen molar-refractivity contribution in [3.63, 3.8) is 0 Å². The number of benzene rings is 1. The van der Waals surface area contributed by atoms with E-state index in [4.69, 9.17) is 0 Å². The van der Waals surface area contributed by atoms with Crippen LogP contribution in [0, 0.1) is 11.8 Å². The molecule has 1 fully saturated rings. The summed E-state index contributed by atoms with van der Waals surface area (Å²) in [6.07, 6.45) is 2.68. The first-order valence-electron chi connectivity index (χ1n) is 7.80. The average Bonchev–Trinajstić information content (AvgIpc) is 2.38. The van der Waals surface area contributed by atoms with Gasteiger partial charge in [-0.15, -0.1) is 0 Å². The van der Waals surface area contributed by atoms with Crippen LogP contribution in [0.3, 0.4) is 0 Å². The van der Waals surface area contributed by atoms with Gasteiger partial charge in [0.2, 0.25) is 0 Å². The predicted molar refractivity (Wildman–Crippen MR) is 91.3 cm³/mol. The van der Waals surface area contributed by atoms with E-state index in [1.54, 1.807) is 0 Å². The van der Waals surface area contributed by atoms with Crippen molar-refractivity contribution in [2.24, 2.45) is 11.8 Å². The van der Waals surface area contributed by atoms with Crippen molar-refractivity contribution >= 4 is 21.6 Å². The maximum Gasteiger partial charge on any atom is 0.0412 e. The third-order valence-electron chi connectivity index (χ3n) is 3.91. The highest BCUT2D eigenvalue weighted by Crippen LogP contribution is 2.28. The summed E-state index contributed by atoms with van der Waals surface area (Å²) in [5, 5.41) is 3.57. The van der Waals surface area contributed by atoms with E-state index >= 15 is 0 Å². The monoisotopic (exact) mass is 338 g/mol. The van der Waals surface area contributed by atoms with Crippen LogP contribution in [0.5, 0.6) is 0 Å². The zero-order valence-corrected chi connectivity index (χ0v) is 14.5. The third kappa shape index (κ3) is 4.49. The molecule has 112 valence electrons. The molecule has 20 heavy (non-hydrogen) atoms. The molecule has 1 aliphatic rings. The Morgan fingerprint density at radius 3 is 2.90 bits per heavy atom. The van der Waals surface area contributed by atoms with Crippen LogP contribution >= 0.6 is 15.9 Å². The summed E-state index contributed by atoms with van der Waals surface area (Å²) < 4.78 is 1.17. The van der Waals surface area contributed by atoms with Gasteiger partial charge in [-0.3, -0.25) is 0 Å². The molecule has 0 amide bonds. The van der Waals surface area contributed by atoms with Crippen LogP contribution in [-0.4, -0.2) is 19.6 Å². The highest BCUT2D eigenvalue weighted by atomic mass is 79.9. The quantitative estimate of drug-likeness (QED) is 0.854. The zero-order chi connectivity index (χ0) is 14.5. The minimum absolute atomic E-state index is 0.695. The van der Waals surface area contributed by atoms with Crippen molar-refractivity contribution < 1.29 is 0 Å². The van der Waals surface area contributed by atoms with Crippen molar-refractivity contribution in [3.05, 3.63) is 28.2 Å². The van der Waals surface area contributed by atoms with Crippen LogP contribution in [0.2, 0.25) is 0 Å². The summed E-state index contributed by atoms with van der Waals surface area (Å²) in [5.74, 6) is 1.50. The first kappa shape index (κ1) is 15.8. The summed E-state index contributed by atoms with van der Waals surface area (Å²) in [5.41, 5.74) is 2.82. The Kier molecular flexibility index (Phi) is 5.91. The topological polar surface area (TPSA) is 15.3 Å². The van der Waals surface area contributed by atoms with E-state index in [0.29, 0.717) is 5.92 Å². The second kappa shape index (κ2) is 7.46. The SMILES string of the molecule is CC(C)CNCc1cc(Br)ccc1N1CCCC(C)C1. The lowest BCUT2D eigenvalue weighted by molar-refractivity contribution is 0.445. The molecule has 3 heteroatoms. The third-order valence-corrected chi connectivity index (χ3v) is 4.40. The highest BCUT2D eigenvalue weighted by molar-refractivity contribution is 9.10. The molecule has 0 radical (unpaired) electrons. The van der Waals surface area contributed by atoms with Gasteiger partial charge in [0.05, 0.1) is 0 Å². The van der Waals surface area contributed by atoms with Crippen molar-refractivity contribution in [1.29, 1.82) is 0 Å². The summed E-state index contributed by atoms with van der Waals surface area (Å²) >= 11 is 3.61. The predicted octanol–water partition coefficient (Wildman–Crippen LogP) is 4.43. The lowest BCUT2D eigenvalue weighted by Crippen LogP contribution is -2.35. The molecule has 0 spiro atoms. The number of hydrogen-bond acceptors (Lipinski definition) is 2. The van der Waals surface area contributed by atoms with Gasteiger partial charge in [0.15, 0.2) is 0 Å². The van der Waals surface area contributed by atoms with Crippen molar-refractivity contribution in [3.8, 4) is 0 Å². The smallest absolute Gasteiger partial charge is 0.0412 e. The molecule has 0 aliphatic carbocycles. The number of rotatable bonds is 5. The average molecular weight is 339 g/mol. The van der Waals surface area contributed by atoms with E-state index in [1.807, 2.05) is 0 Å². The Labute approximate surface area is 132 Å². The summed E-state index contributed by atoms with van der Waals surface area (Å²) in [6, 6.07) is 6.71. The lowest BCUT2D eigenvalue weighted by atomic mass is 9.99. The molecule has 1 aromatic carbocycles. The molecule has 1 atom stereocenters. The second-order valence-electron chi connectivity index (χ2n) is 6.49. The van der Waals surface area contributed by atoms with Gasteiger partial charge in [-0.05, 0) is 55.0 Å². The van der Waals surface area contributed by atoms with Gasteiger partial charge in [0, 0.05) is 29.8 Å². The van der Waals surface area contributed by atoms with Gasteiger partial charge in [-0.2, -0.15) is 0 Å².